The number of hydrogen-bond acceptors (Lipinski definition) is 6. The molecule has 2 N–H and O–H groups in total. The lowest BCUT2D eigenvalue weighted by Crippen LogP contribution is -2.36. The van der Waals surface area contributed by atoms with Crippen molar-refractivity contribution in [1.82, 2.24) is 20.8 Å². The molecule has 9 heteroatoms. The Labute approximate surface area is 178 Å². The van der Waals surface area contributed by atoms with E-state index in [0.717, 1.165) is 16.7 Å². The van der Waals surface area contributed by atoms with Gasteiger partial charge in [0.25, 0.3) is 5.91 Å². The number of carbonyl (C=O) groups is 2. The van der Waals surface area contributed by atoms with Gasteiger partial charge < -0.3 is 19.9 Å². The first-order valence-corrected chi connectivity index (χ1v) is 9.65. The minimum atomic E-state index is -0.512. The van der Waals surface area contributed by atoms with Crippen LogP contribution in [-0.4, -0.2) is 41.7 Å². The molecule has 0 aliphatic rings. The Bertz CT molecular complexity index is 1010. The minimum absolute atomic E-state index is 0.140. The molecule has 3 rings (SSSR count). The molecule has 0 saturated heterocycles. The lowest BCUT2D eigenvalue weighted by molar-refractivity contribution is -0.123. The molecule has 0 unspecified atom stereocenters. The zero-order valence-corrected chi connectivity index (χ0v) is 17.3. The van der Waals surface area contributed by atoms with Gasteiger partial charge in [0.2, 0.25) is 5.82 Å². The summed E-state index contributed by atoms with van der Waals surface area (Å²) in [6.07, 6.45) is 0. The van der Waals surface area contributed by atoms with Crippen LogP contribution in [0.25, 0.3) is 11.4 Å². The second kappa shape index (κ2) is 9.89. The molecule has 0 aliphatic carbocycles. The van der Waals surface area contributed by atoms with Crippen LogP contribution in [0, 0.1) is 13.8 Å². The van der Waals surface area contributed by atoms with Crippen LogP contribution in [0.3, 0.4) is 0 Å². The zero-order chi connectivity index (χ0) is 21.5. The van der Waals surface area contributed by atoms with E-state index in [1.165, 1.54) is 0 Å². The Morgan fingerprint density at radius 2 is 1.73 bits per heavy atom. The van der Waals surface area contributed by atoms with Crippen LogP contribution in [0.15, 0.2) is 47.0 Å². The maximum Gasteiger partial charge on any atom is 0.316 e. The maximum absolute atomic E-state index is 12.1. The molecule has 0 radical (unpaired) electrons. The van der Waals surface area contributed by atoms with Crippen molar-refractivity contribution in [2.45, 2.75) is 13.8 Å². The highest BCUT2D eigenvalue weighted by atomic mass is 35.5. The standard InChI is InChI=1S/C21H21ClN4O4/c1-13-10-16(11-14(2)18(13)22)29-12-17(27)23-8-9-24-20(28)21-25-19(26-30-21)15-6-4-3-5-7-15/h3-7,10-11H,8-9,12H2,1-2H3,(H,23,27)(H,24,28). The first-order chi connectivity index (χ1) is 14.4. The van der Waals surface area contributed by atoms with Crippen LogP contribution in [0.2, 0.25) is 5.02 Å². The number of rotatable bonds is 8. The maximum atomic E-state index is 12.1. The summed E-state index contributed by atoms with van der Waals surface area (Å²) in [5.74, 6) is -0.0553. The molecule has 0 aliphatic heterocycles. The van der Waals surface area contributed by atoms with E-state index in [4.69, 9.17) is 20.9 Å². The van der Waals surface area contributed by atoms with Gasteiger partial charge in [-0.1, -0.05) is 47.1 Å². The monoisotopic (exact) mass is 428 g/mol. The van der Waals surface area contributed by atoms with Gasteiger partial charge in [0.1, 0.15) is 5.75 Å². The molecule has 156 valence electrons. The van der Waals surface area contributed by atoms with E-state index < -0.39 is 5.91 Å². The average Bonchev–Trinajstić information content (AvgIpc) is 3.24. The Balaban J connectivity index is 1.39. The van der Waals surface area contributed by atoms with Crippen molar-refractivity contribution in [3.8, 4) is 17.1 Å². The molecule has 1 heterocycles. The molecule has 30 heavy (non-hydrogen) atoms. The van der Waals surface area contributed by atoms with E-state index in [9.17, 15) is 9.59 Å². The second-order valence-electron chi connectivity index (χ2n) is 6.55. The molecule has 8 nitrogen and oxygen atoms in total. The van der Waals surface area contributed by atoms with Crippen molar-refractivity contribution in [2.24, 2.45) is 0 Å². The van der Waals surface area contributed by atoms with Gasteiger partial charge in [-0.25, -0.2) is 0 Å². The number of nitrogens with one attached hydrogen (secondary N) is 2. The Morgan fingerprint density at radius 1 is 1.07 bits per heavy atom. The summed E-state index contributed by atoms with van der Waals surface area (Å²) >= 11 is 6.11. The molecule has 0 bridgehead atoms. The van der Waals surface area contributed by atoms with Gasteiger partial charge in [0, 0.05) is 23.7 Å². The number of nitrogens with zero attached hydrogens (tertiary/aromatic N) is 2. The molecule has 0 fully saturated rings. The van der Waals surface area contributed by atoms with E-state index in [1.807, 2.05) is 44.2 Å². The molecule has 2 amide bonds. The number of carbonyl (C=O) groups excluding carboxylic acids is 2. The topological polar surface area (TPSA) is 106 Å². The minimum Gasteiger partial charge on any atom is -0.484 e. The van der Waals surface area contributed by atoms with E-state index in [2.05, 4.69) is 20.8 Å². The van der Waals surface area contributed by atoms with Gasteiger partial charge in [-0.15, -0.1) is 0 Å². The SMILES string of the molecule is Cc1cc(OCC(=O)NCCNC(=O)c2nc(-c3ccccc3)no2)cc(C)c1Cl. The van der Waals surface area contributed by atoms with Gasteiger partial charge >= 0.3 is 11.8 Å². The largest absolute Gasteiger partial charge is 0.484 e. The first-order valence-electron chi connectivity index (χ1n) is 9.27. The van der Waals surface area contributed by atoms with Crippen molar-refractivity contribution in [3.63, 3.8) is 0 Å². The molecule has 0 saturated carbocycles. The van der Waals surface area contributed by atoms with E-state index in [-0.39, 0.29) is 31.5 Å². The summed E-state index contributed by atoms with van der Waals surface area (Å²) in [5, 5.41) is 9.74. The van der Waals surface area contributed by atoms with Gasteiger partial charge in [-0.2, -0.15) is 4.98 Å². The van der Waals surface area contributed by atoms with Gasteiger partial charge in [-0.3, -0.25) is 9.59 Å². The van der Waals surface area contributed by atoms with Gasteiger partial charge in [-0.05, 0) is 37.1 Å². The molecular formula is C21H21ClN4O4. The smallest absolute Gasteiger partial charge is 0.316 e. The summed E-state index contributed by atoms with van der Waals surface area (Å²) < 4.78 is 10.5. The van der Waals surface area contributed by atoms with Gasteiger partial charge in [0.15, 0.2) is 6.61 Å². The third-order valence-corrected chi connectivity index (χ3v) is 4.76. The number of aromatic nitrogens is 2. The van der Waals surface area contributed by atoms with Crippen LogP contribution in [0.1, 0.15) is 21.8 Å². The third kappa shape index (κ3) is 5.57. The van der Waals surface area contributed by atoms with Gasteiger partial charge in [0.05, 0.1) is 0 Å². The number of amides is 2. The van der Waals surface area contributed by atoms with E-state index in [1.54, 1.807) is 12.1 Å². The third-order valence-electron chi connectivity index (χ3n) is 4.16. The van der Waals surface area contributed by atoms with Crippen molar-refractivity contribution < 1.29 is 18.8 Å². The van der Waals surface area contributed by atoms with Crippen LogP contribution < -0.4 is 15.4 Å². The van der Waals surface area contributed by atoms with E-state index >= 15 is 0 Å². The predicted octanol–water partition coefficient (Wildman–Crippen LogP) is 2.93. The summed E-state index contributed by atoms with van der Waals surface area (Å²) in [7, 11) is 0. The van der Waals surface area contributed by atoms with Crippen LogP contribution >= 0.6 is 11.6 Å². The molecule has 1 aromatic heterocycles. The second-order valence-corrected chi connectivity index (χ2v) is 6.93. The highest BCUT2D eigenvalue weighted by molar-refractivity contribution is 6.32. The summed E-state index contributed by atoms with van der Waals surface area (Å²) in [6, 6.07) is 12.7. The quantitative estimate of drug-likeness (QED) is 0.534. The first kappa shape index (κ1) is 21.3. The lowest BCUT2D eigenvalue weighted by Gasteiger charge is -2.10. The fourth-order valence-electron chi connectivity index (χ4n) is 2.66. The summed E-state index contributed by atoms with van der Waals surface area (Å²) in [4.78, 5) is 28.1. The van der Waals surface area contributed by atoms with Crippen LogP contribution in [-0.2, 0) is 4.79 Å². The lowest BCUT2D eigenvalue weighted by atomic mass is 10.1. The Morgan fingerprint density at radius 3 is 2.43 bits per heavy atom. The average molecular weight is 429 g/mol. The summed E-state index contributed by atoms with van der Waals surface area (Å²) in [5.41, 5.74) is 2.51. The highest BCUT2D eigenvalue weighted by Crippen LogP contribution is 2.25. The van der Waals surface area contributed by atoms with Crippen molar-refractivity contribution in [2.75, 3.05) is 19.7 Å². The number of hydrogen-bond donors (Lipinski definition) is 2. The Hall–Kier alpha value is -3.39. The van der Waals surface area contributed by atoms with Crippen molar-refractivity contribution >= 4 is 23.4 Å². The van der Waals surface area contributed by atoms with Crippen LogP contribution in [0.4, 0.5) is 0 Å². The molecule has 0 atom stereocenters. The molecule has 2 aromatic carbocycles. The van der Waals surface area contributed by atoms with Crippen molar-refractivity contribution in [3.05, 3.63) is 64.5 Å². The molecule has 0 spiro atoms. The number of aryl methyl sites for hydroxylation is 2. The normalized spacial score (nSPS) is 10.5. The van der Waals surface area contributed by atoms with Crippen LogP contribution in [0.5, 0.6) is 5.75 Å². The predicted molar refractivity (Wildman–Crippen MR) is 111 cm³/mol. The van der Waals surface area contributed by atoms with E-state index in [0.29, 0.717) is 16.6 Å². The zero-order valence-electron chi connectivity index (χ0n) is 16.6. The highest BCUT2D eigenvalue weighted by Gasteiger charge is 2.15. The number of benzene rings is 2. The molecule has 3 aromatic rings. The fraction of sp³-hybridized carbons (Fsp3) is 0.238. The molecular weight excluding hydrogens is 408 g/mol. The van der Waals surface area contributed by atoms with Crippen molar-refractivity contribution in [1.29, 1.82) is 0 Å². The number of halogens is 1. The summed E-state index contributed by atoms with van der Waals surface area (Å²) in [6.45, 7) is 4.03. The fourth-order valence-corrected chi connectivity index (χ4v) is 2.77. The number of ether oxygens (including phenoxy) is 1. The Kier molecular flexibility index (Phi) is 7.03.